The van der Waals surface area contributed by atoms with Gasteiger partial charge in [-0.2, -0.15) is 11.8 Å². The fraction of sp³-hybridized carbons (Fsp3) is 0.800. The second kappa shape index (κ2) is 7.63. The van der Waals surface area contributed by atoms with E-state index in [4.69, 9.17) is 5.11 Å². The Morgan fingerprint density at radius 3 is 2.28 bits per heavy atom. The van der Waals surface area contributed by atoms with Crippen molar-refractivity contribution in [2.45, 2.75) is 32.1 Å². The topological polar surface area (TPSA) is 101 Å². The van der Waals surface area contributed by atoms with E-state index in [1.54, 1.807) is 13.8 Å². The maximum Gasteiger partial charge on any atom is 0.327 e. The van der Waals surface area contributed by atoms with Crippen LogP contribution in [-0.4, -0.2) is 54.0 Å². The predicted molar refractivity (Wildman–Crippen MR) is 71.5 cm³/mol. The van der Waals surface area contributed by atoms with E-state index >= 15 is 0 Å². The Morgan fingerprint density at radius 1 is 1.33 bits per heavy atom. The molecule has 0 unspecified atom stereocenters. The van der Waals surface area contributed by atoms with Gasteiger partial charge in [-0.1, -0.05) is 0 Å². The number of carboxylic acids is 1. The standard InChI is InChI=1S/C10H19NO5S2/c1-7(2)18(15,16)5-4-17-6-9(10(13)14)11-8(3)12/h7,9H,4-6H2,1-3H3,(H,11,12)(H,13,14)/t9-/m0/s1. The van der Waals surface area contributed by atoms with Crippen molar-refractivity contribution in [2.24, 2.45) is 0 Å². The molecule has 106 valence electrons. The normalized spacial score (nSPS) is 13.3. The SMILES string of the molecule is CC(=O)N[C@@H](CSCCS(=O)(=O)C(C)C)C(=O)O. The van der Waals surface area contributed by atoms with E-state index in [9.17, 15) is 18.0 Å². The molecule has 0 aromatic rings. The number of amides is 1. The molecule has 0 heterocycles. The number of rotatable bonds is 8. The fourth-order valence-electron chi connectivity index (χ4n) is 1.03. The van der Waals surface area contributed by atoms with Crippen LogP contribution in [-0.2, 0) is 19.4 Å². The summed E-state index contributed by atoms with van der Waals surface area (Å²) < 4.78 is 23.0. The number of hydrogen-bond donors (Lipinski definition) is 2. The van der Waals surface area contributed by atoms with Crippen molar-refractivity contribution in [3.05, 3.63) is 0 Å². The fourth-order valence-corrected chi connectivity index (χ4v) is 3.53. The molecule has 0 rings (SSSR count). The number of thioether (sulfide) groups is 1. The van der Waals surface area contributed by atoms with Crippen LogP contribution < -0.4 is 5.32 Å². The van der Waals surface area contributed by atoms with Crippen LogP contribution in [0.4, 0.5) is 0 Å². The zero-order chi connectivity index (χ0) is 14.3. The lowest BCUT2D eigenvalue weighted by Gasteiger charge is -2.13. The van der Waals surface area contributed by atoms with E-state index in [1.807, 2.05) is 0 Å². The summed E-state index contributed by atoms with van der Waals surface area (Å²) in [6.07, 6.45) is 0. The number of aliphatic carboxylic acids is 1. The van der Waals surface area contributed by atoms with Gasteiger partial charge in [0.1, 0.15) is 6.04 Å². The number of carboxylic acid groups (broad SMARTS) is 1. The van der Waals surface area contributed by atoms with Gasteiger partial charge in [0.05, 0.1) is 11.0 Å². The minimum atomic E-state index is -3.10. The third-order valence-corrected chi connectivity index (χ3v) is 5.72. The second-order valence-electron chi connectivity index (χ2n) is 4.08. The summed E-state index contributed by atoms with van der Waals surface area (Å²) in [5.74, 6) is -1.05. The van der Waals surface area contributed by atoms with Crippen molar-refractivity contribution in [3.63, 3.8) is 0 Å². The molecule has 0 saturated carbocycles. The third kappa shape index (κ3) is 6.85. The zero-order valence-corrected chi connectivity index (χ0v) is 12.3. The Kier molecular flexibility index (Phi) is 7.30. The average molecular weight is 297 g/mol. The smallest absolute Gasteiger partial charge is 0.327 e. The summed E-state index contributed by atoms with van der Waals surface area (Å²) in [6.45, 7) is 4.46. The van der Waals surface area contributed by atoms with Crippen LogP contribution >= 0.6 is 11.8 Å². The summed E-state index contributed by atoms with van der Waals surface area (Å²) in [6, 6.07) is -0.978. The van der Waals surface area contributed by atoms with Gasteiger partial charge in [-0.25, -0.2) is 13.2 Å². The summed E-state index contributed by atoms with van der Waals surface area (Å²) in [7, 11) is -3.10. The van der Waals surface area contributed by atoms with Crippen LogP contribution in [0, 0.1) is 0 Å². The average Bonchev–Trinajstić information content (AvgIpc) is 2.21. The van der Waals surface area contributed by atoms with Gasteiger partial charge in [0.15, 0.2) is 9.84 Å². The van der Waals surface area contributed by atoms with Crippen molar-refractivity contribution in [1.82, 2.24) is 5.32 Å². The van der Waals surface area contributed by atoms with Crippen molar-refractivity contribution in [3.8, 4) is 0 Å². The van der Waals surface area contributed by atoms with Crippen molar-refractivity contribution in [2.75, 3.05) is 17.3 Å². The molecule has 0 aromatic heterocycles. The number of sulfone groups is 1. The largest absolute Gasteiger partial charge is 0.480 e. The van der Waals surface area contributed by atoms with E-state index in [0.29, 0.717) is 5.75 Å². The molecule has 0 aromatic carbocycles. The third-order valence-electron chi connectivity index (χ3n) is 2.19. The Labute approximate surface area is 111 Å². The van der Waals surface area contributed by atoms with Crippen molar-refractivity contribution >= 4 is 33.5 Å². The number of carbonyl (C=O) groups excluding carboxylic acids is 1. The summed E-state index contributed by atoms with van der Waals surface area (Å²) >= 11 is 1.20. The van der Waals surface area contributed by atoms with Gasteiger partial charge in [0, 0.05) is 18.4 Å². The van der Waals surface area contributed by atoms with E-state index in [2.05, 4.69) is 5.32 Å². The second-order valence-corrected chi connectivity index (χ2v) is 7.91. The predicted octanol–water partition coefficient (Wildman–Crippen LogP) is 0.132. The molecule has 1 amide bonds. The first-order valence-electron chi connectivity index (χ1n) is 5.46. The van der Waals surface area contributed by atoms with Crippen molar-refractivity contribution in [1.29, 1.82) is 0 Å². The Hall–Kier alpha value is -0.760. The van der Waals surface area contributed by atoms with Crippen LogP contribution in [0.2, 0.25) is 0 Å². The van der Waals surface area contributed by atoms with Crippen molar-refractivity contribution < 1.29 is 23.1 Å². The lowest BCUT2D eigenvalue weighted by Crippen LogP contribution is -2.41. The maximum absolute atomic E-state index is 11.5. The Balaban J connectivity index is 4.09. The molecule has 0 aliphatic heterocycles. The molecule has 8 heteroatoms. The molecule has 18 heavy (non-hydrogen) atoms. The highest BCUT2D eigenvalue weighted by Crippen LogP contribution is 2.08. The first kappa shape index (κ1) is 17.2. The quantitative estimate of drug-likeness (QED) is 0.618. The first-order chi connectivity index (χ1) is 8.16. The minimum Gasteiger partial charge on any atom is -0.480 e. The maximum atomic E-state index is 11.5. The molecule has 6 nitrogen and oxygen atoms in total. The minimum absolute atomic E-state index is 0.0156. The Morgan fingerprint density at radius 2 is 1.89 bits per heavy atom. The van der Waals surface area contributed by atoms with Gasteiger partial charge in [0.25, 0.3) is 0 Å². The van der Waals surface area contributed by atoms with Crippen LogP contribution in [0.3, 0.4) is 0 Å². The van der Waals surface area contributed by atoms with E-state index < -0.39 is 33.0 Å². The number of carbonyl (C=O) groups is 2. The molecule has 0 radical (unpaired) electrons. The van der Waals surface area contributed by atoms with Gasteiger partial charge >= 0.3 is 5.97 Å². The van der Waals surface area contributed by atoms with Crippen LogP contribution in [0.25, 0.3) is 0 Å². The van der Waals surface area contributed by atoms with Gasteiger partial charge < -0.3 is 10.4 Å². The van der Waals surface area contributed by atoms with E-state index in [-0.39, 0.29) is 11.5 Å². The molecular weight excluding hydrogens is 278 g/mol. The molecule has 2 N–H and O–H groups in total. The van der Waals surface area contributed by atoms with Gasteiger partial charge in [-0.05, 0) is 13.8 Å². The number of hydrogen-bond acceptors (Lipinski definition) is 5. The van der Waals surface area contributed by atoms with Gasteiger partial charge in [0.2, 0.25) is 5.91 Å². The zero-order valence-electron chi connectivity index (χ0n) is 10.7. The van der Waals surface area contributed by atoms with Gasteiger partial charge in [-0.3, -0.25) is 4.79 Å². The molecule has 0 bridgehead atoms. The monoisotopic (exact) mass is 297 g/mol. The molecule has 0 spiro atoms. The molecule has 0 fully saturated rings. The molecule has 0 aliphatic rings. The highest BCUT2D eigenvalue weighted by Gasteiger charge is 2.19. The number of nitrogens with one attached hydrogen (secondary N) is 1. The van der Waals surface area contributed by atoms with Crippen LogP contribution in [0.5, 0.6) is 0 Å². The van der Waals surface area contributed by atoms with Crippen LogP contribution in [0.15, 0.2) is 0 Å². The lowest BCUT2D eigenvalue weighted by molar-refractivity contribution is -0.140. The van der Waals surface area contributed by atoms with E-state index in [1.165, 1.54) is 18.7 Å². The first-order valence-corrected chi connectivity index (χ1v) is 8.33. The van der Waals surface area contributed by atoms with Gasteiger partial charge in [-0.15, -0.1) is 0 Å². The molecular formula is C10H19NO5S2. The summed E-state index contributed by atoms with van der Waals surface area (Å²) in [5, 5.41) is 10.7. The van der Waals surface area contributed by atoms with Crippen LogP contribution in [0.1, 0.15) is 20.8 Å². The molecule has 0 saturated heterocycles. The molecule has 0 aliphatic carbocycles. The summed E-state index contributed by atoms with van der Waals surface area (Å²) in [4.78, 5) is 21.5. The highest BCUT2D eigenvalue weighted by molar-refractivity contribution is 8.00. The lowest BCUT2D eigenvalue weighted by atomic mass is 10.3. The Bertz CT molecular complexity index is 391. The van der Waals surface area contributed by atoms with E-state index in [0.717, 1.165) is 0 Å². The highest BCUT2D eigenvalue weighted by atomic mass is 32.2. The molecule has 1 atom stereocenters. The summed E-state index contributed by atoms with van der Waals surface area (Å²) in [5.41, 5.74) is 0.